The predicted molar refractivity (Wildman–Crippen MR) is 100 cm³/mol. The van der Waals surface area contributed by atoms with Crippen LogP contribution in [-0.4, -0.2) is 23.4 Å². The van der Waals surface area contributed by atoms with Crippen LogP contribution in [0.1, 0.15) is 27.6 Å². The first-order valence-electron chi connectivity index (χ1n) is 8.00. The second-order valence-electron chi connectivity index (χ2n) is 5.96. The number of benzene rings is 2. The highest BCUT2D eigenvalue weighted by Gasteiger charge is 2.15. The SMILES string of the molecule is COc1ccc2c(c1)c(=O)c(C(=O)Nc1cccc(C(C)=O)c1)cn2C. The number of amides is 1. The fourth-order valence-electron chi connectivity index (χ4n) is 2.77. The number of hydrogen-bond donors (Lipinski definition) is 1. The number of rotatable bonds is 4. The molecular weight excluding hydrogens is 332 g/mol. The molecule has 0 spiro atoms. The van der Waals surface area contributed by atoms with Crippen LogP contribution >= 0.6 is 0 Å². The number of carbonyl (C=O) groups excluding carboxylic acids is 2. The summed E-state index contributed by atoms with van der Waals surface area (Å²) in [5.74, 6) is -0.0906. The highest BCUT2D eigenvalue weighted by molar-refractivity contribution is 6.06. The maximum atomic E-state index is 12.8. The molecule has 1 amide bonds. The summed E-state index contributed by atoms with van der Waals surface area (Å²) < 4.78 is 6.89. The van der Waals surface area contributed by atoms with Gasteiger partial charge in [0.2, 0.25) is 5.43 Å². The van der Waals surface area contributed by atoms with Crippen molar-refractivity contribution in [3.63, 3.8) is 0 Å². The summed E-state index contributed by atoms with van der Waals surface area (Å²) in [7, 11) is 3.28. The number of Topliss-reactive ketones (excluding diaryl/α,β-unsaturated/α-hetero) is 1. The molecule has 0 atom stereocenters. The molecule has 6 heteroatoms. The Bertz CT molecular complexity index is 1080. The number of aromatic nitrogens is 1. The second-order valence-corrected chi connectivity index (χ2v) is 5.96. The Morgan fingerprint density at radius 2 is 1.88 bits per heavy atom. The zero-order valence-electron chi connectivity index (χ0n) is 14.7. The molecule has 6 nitrogen and oxygen atoms in total. The van der Waals surface area contributed by atoms with Crippen LogP contribution in [-0.2, 0) is 7.05 Å². The molecular formula is C20H18N2O4. The number of fused-ring (bicyclic) bond motifs is 1. The lowest BCUT2D eigenvalue weighted by molar-refractivity contribution is 0.101. The summed E-state index contributed by atoms with van der Waals surface area (Å²) in [6.45, 7) is 1.45. The Morgan fingerprint density at radius 1 is 1.12 bits per heavy atom. The Kier molecular flexibility index (Phi) is 4.58. The van der Waals surface area contributed by atoms with Crippen molar-refractivity contribution in [2.45, 2.75) is 6.92 Å². The number of aryl methyl sites for hydroxylation is 1. The van der Waals surface area contributed by atoms with Gasteiger partial charge in [0, 0.05) is 24.5 Å². The fraction of sp³-hybridized carbons (Fsp3) is 0.150. The van der Waals surface area contributed by atoms with Gasteiger partial charge < -0.3 is 14.6 Å². The molecule has 0 saturated carbocycles. The molecule has 1 heterocycles. The molecule has 1 aromatic heterocycles. The van der Waals surface area contributed by atoms with E-state index in [4.69, 9.17) is 4.74 Å². The van der Waals surface area contributed by atoms with Crippen LogP contribution < -0.4 is 15.5 Å². The maximum Gasteiger partial charge on any atom is 0.261 e. The quantitative estimate of drug-likeness (QED) is 0.734. The molecule has 0 fully saturated rings. The number of ether oxygens (including phenoxy) is 1. The van der Waals surface area contributed by atoms with Gasteiger partial charge >= 0.3 is 0 Å². The minimum atomic E-state index is -0.531. The number of ketones is 1. The Labute approximate surface area is 150 Å². The van der Waals surface area contributed by atoms with Gasteiger partial charge in [0.25, 0.3) is 5.91 Å². The van der Waals surface area contributed by atoms with Crippen LogP contribution in [0.4, 0.5) is 5.69 Å². The van der Waals surface area contributed by atoms with Gasteiger partial charge in [-0.2, -0.15) is 0 Å². The number of methoxy groups -OCH3 is 1. The number of anilines is 1. The first-order chi connectivity index (χ1) is 12.4. The lowest BCUT2D eigenvalue weighted by Crippen LogP contribution is -2.23. The molecule has 0 saturated heterocycles. The van der Waals surface area contributed by atoms with Gasteiger partial charge in [-0.3, -0.25) is 14.4 Å². The van der Waals surface area contributed by atoms with Crippen molar-refractivity contribution in [3.8, 4) is 5.75 Å². The molecule has 0 bridgehead atoms. The molecule has 3 aromatic rings. The third kappa shape index (κ3) is 3.21. The van der Waals surface area contributed by atoms with E-state index < -0.39 is 5.91 Å². The van der Waals surface area contributed by atoms with Crippen molar-refractivity contribution in [3.05, 3.63) is 70.0 Å². The van der Waals surface area contributed by atoms with Crippen LogP contribution in [0.2, 0.25) is 0 Å². The van der Waals surface area contributed by atoms with E-state index >= 15 is 0 Å². The van der Waals surface area contributed by atoms with Crippen molar-refractivity contribution in [1.29, 1.82) is 0 Å². The van der Waals surface area contributed by atoms with E-state index in [2.05, 4.69) is 5.32 Å². The summed E-state index contributed by atoms with van der Waals surface area (Å²) in [5.41, 5.74) is 1.28. The van der Waals surface area contributed by atoms with Gasteiger partial charge in [-0.25, -0.2) is 0 Å². The van der Waals surface area contributed by atoms with E-state index in [1.165, 1.54) is 20.2 Å². The third-order valence-electron chi connectivity index (χ3n) is 4.17. The Morgan fingerprint density at radius 3 is 2.58 bits per heavy atom. The molecule has 0 unspecified atom stereocenters. The molecule has 3 rings (SSSR count). The van der Waals surface area contributed by atoms with Crippen LogP contribution in [0, 0.1) is 0 Å². The molecule has 26 heavy (non-hydrogen) atoms. The van der Waals surface area contributed by atoms with E-state index in [0.29, 0.717) is 27.9 Å². The standard InChI is InChI=1S/C20H18N2O4/c1-12(23)13-5-4-6-14(9-13)21-20(25)17-11-22(2)18-8-7-15(26-3)10-16(18)19(17)24/h4-11H,1-3H3,(H,21,25). The number of nitrogens with one attached hydrogen (secondary N) is 1. The predicted octanol–water partition coefficient (Wildman–Crippen LogP) is 3.00. The highest BCUT2D eigenvalue weighted by Crippen LogP contribution is 2.19. The first-order valence-corrected chi connectivity index (χ1v) is 8.00. The molecule has 2 aromatic carbocycles. The van der Waals surface area contributed by atoms with Crippen LogP contribution in [0.25, 0.3) is 10.9 Å². The second kappa shape index (κ2) is 6.84. The topological polar surface area (TPSA) is 77.4 Å². The minimum absolute atomic E-state index is 0.0153. The summed E-state index contributed by atoms with van der Waals surface area (Å²) in [5, 5.41) is 3.08. The van der Waals surface area contributed by atoms with Crippen molar-refractivity contribution in [2.24, 2.45) is 7.05 Å². The van der Waals surface area contributed by atoms with Crippen molar-refractivity contribution in [1.82, 2.24) is 4.57 Å². The minimum Gasteiger partial charge on any atom is -0.497 e. The van der Waals surface area contributed by atoms with Gasteiger partial charge in [0.1, 0.15) is 11.3 Å². The number of hydrogen-bond acceptors (Lipinski definition) is 4. The molecule has 0 aliphatic heterocycles. The Balaban J connectivity index is 2.03. The normalized spacial score (nSPS) is 10.6. The van der Waals surface area contributed by atoms with Gasteiger partial charge in [0.15, 0.2) is 5.78 Å². The van der Waals surface area contributed by atoms with Crippen molar-refractivity contribution < 1.29 is 14.3 Å². The molecule has 0 aliphatic rings. The lowest BCUT2D eigenvalue weighted by atomic mass is 10.1. The monoisotopic (exact) mass is 350 g/mol. The van der Waals surface area contributed by atoms with Crippen LogP contribution in [0.5, 0.6) is 5.75 Å². The number of nitrogens with zero attached hydrogens (tertiary/aromatic N) is 1. The summed E-state index contributed by atoms with van der Waals surface area (Å²) in [6, 6.07) is 11.7. The molecule has 0 radical (unpaired) electrons. The average Bonchev–Trinajstić information content (AvgIpc) is 2.64. The van der Waals surface area contributed by atoms with Crippen LogP contribution in [0.15, 0.2) is 53.5 Å². The van der Waals surface area contributed by atoms with Crippen molar-refractivity contribution >= 4 is 28.3 Å². The lowest BCUT2D eigenvalue weighted by Gasteiger charge is -2.11. The summed E-state index contributed by atoms with van der Waals surface area (Å²) in [4.78, 5) is 36.9. The van der Waals surface area contributed by atoms with E-state index in [1.807, 2.05) is 0 Å². The smallest absolute Gasteiger partial charge is 0.261 e. The molecule has 132 valence electrons. The molecule has 0 aliphatic carbocycles. The van der Waals surface area contributed by atoms with E-state index in [-0.39, 0.29) is 16.8 Å². The molecule has 1 N–H and O–H groups in total. The van der Waals surface area contributed by atoms with Gasteiger partial charge in [-0.1, -0.05) is 12.1 Å². The van der Waals surface area contributed by atoms with Gasteiger partial charge in [-0.05, 0) is 37.3 Å². The number of carbonyl (C=O) groups is 2. The van der Waals surface area contributed by atoms with Crippen LogP contribution in [0.3, 0.4) is 0 Å². The largest absolute Gasteiger partial charge is 0.497 e. The zero-order valence-corrected chi connectivity index (χ0v) is 14.7. The van der Waals surface area contributed by atoms with Gasteiger partial charge in [0.05, 0.1) is 18.0 Å². The zero-order chi connectivity index (χ0) is 18.8. The summed E-state index contributed by atoms with van der Waals surface area (Å²) >= 11 is 0. The van der Waals surface area contributed by atoms with E-state index in [0.717, 1.165) is 0 Å². The number of pyridine rings is 1. The summed E-state index contributed by atoms with van der Waals surface area (Å²) in [6.07, 6.45) is 1.50. The maximum absolute atomic E-state index is 12.8. The van der Waals surface area contributed by atoms with Crippen molar-refractivity contribution in [2.75, 3.05) is 12.4 Å². The first kappa shape index (κ1) is 17.4. The van der Waals surface area contributed by atoms with E-state index in [9.17, 15) is 14.4 Å². The van der Waals surface area contributed by atoms with E-state index in [1.54, 1.807) is 54.1 Å². The van der Waals surface area contributed by atoms with Gasteiger partial charge in [-0.15, -0.1) is 0 Å². The fourth-order valence-corrected chi connectivity index (χ4v) is 2.77. The highest BCUT2D eigenvalue weighted by atomic mass is 16.5. The third-order valence-corrected chi connectivity index (χ3v) is 4.17. The Hall–Kier alpha value is -3.41. The average molecular weight is 350 g/mol.